The highest BCUT2D eigenvalue weighted by Gasteiger charge is 2.34. The summed E-state index contributed by atoms with van der Waals surface area (Å²) in [6.45, 7) is 4.86. The molecule has 3 aromatic heterocycles. The van der Waals surface area contributed by atoms with Crippen molar-refractivity contribution in [2.24, 2.45) is 7.05 Å². The molecule has 1 saturated heterocycles. The van der Waals surface area contributed by atoms with E-state index in [2.05, 4.69) is 22.2 Å². The van der Waals surface area contributed by atoms with Gasteiger partial charge in [0, 0.05) is 31.0 Å². The third kappa shape index (κ3) is 2.19. The molecule has 1 amide bonds. The second kappa shape index (κ2) is 5.43. The van der Waals surface area contributed by atoms with Crippen LogP contribution in [0, 0.1) is 13.8 Å². The summed E-state index contributed by atoms with van der Waals surface area (Å²) in [5.74, 6) is 0.0516. The van der Waals surface area contributed by atoms with Gasteiger partial charge in [-0.25, -0.2) is 0 Å². The van der Waals surface area contributed by atoms with Gasteiger partial charge in [-0.3, -0.25) is 13.9 Å². The Labute approximate surface area is 139 Å². The van der Waals surface area contributed by atoms with Crippen LogP contribution < -0.4 is 0 Å². The summed E-state index contributed by atoms with van der Waals surface area (Å²) in [4.78, 5) is 15.0. The fourth-order valence-electron chi connectivity index (χ4n) is 3.70. The van der Waals surface area contributed by atoms with E-state index in [1.54, 1.807) is 16.9 Å². The van der Waals surface area contributed by atoms with Gasteiger partial charge in [0.1, 0.15) is 6.33 Å². The number of carbonyl (C=O) groups is 1. The van der Waals surface area contributed by atoms with Crippen LogP contribution in [0.3, 0.4) is 0 Å². The number of rotatable bonds is 2. The topological polar surface area (TPSA) is 68.3 Å². The molecule has 1 atom stereocenters. The van der Waals surface area contributed by atoms with Crippen LogP contribution in [0.5, 0.6) is 0 Å². The molecule has 4 heterocycles. The molecule has 0 spiro atoms. The molecule has 0 bridgehead atoms. The summed E-state index contributed by atoms with van der Waals surface area (Å²) in [5, 5.41) is 12.4. The summed E-state index contributed by atoms with van der Waals surface area (Å²) in [6.07, 6.45) is 5.41. The van der Waals surface area contributed by atoms with Gasteiger partial charge in [0.2, 0.25) is 0 Å². The van der Waals surface area contributed by atoms with Gasteiger partial charge in [-0.2, -0.15) is 5.10 Å². The maximum Gasteiger partial charge on any atom is 0.255 e. The normalized spacial score (nSPS) is 17.8. The highest BCUT2D eigenvalue weighted by atomic mass is 16.2. The fourth-order valence-corrected chi connectivity index (χ4v) is 3.70. The van der Waals surface area contributed by atoms with Crippen molar-refractivity contribution in [3.8, 4) is 0 Å². The van der Waals surface area contributed by atoms with E-state index in [0.29, 0.717) is 5.56 Å². The second-order valence-corrected chi connectivity index (χ2v) is 6.38. The Kier molecular flexibility index (Phi) is 3.37. The number of pyridine rings is 1. The van der Waals surface area contributed by atoms with Crippen LogP contribution in [-0.4, -0.2) is 41.7 Å². The van der Waals surface area contributed by atoms with Crippen molar-refractivity contribution >= 4 is 11.6 Å². The SMILES string of the molecule is Cc1nn(C)c(C)c1C1CCCN1C(=O)c1ccc2nncn2c1. The summed E-state index contributed by atoms with van der Waals surface area (Å²) >= 11 is 0. The molecule has 4 rings (SSSR count). The lowest BCUT2D eigenvalue weighted by Crippen LogP contribution is -2.31. The smallest absolute Gasteiger partial charge is 0.255 e. The molecule has 0 aliphatic carbocycles. The van der Waals surface area contributed by atoms with Crippen LogP contribution >= 0.6 is 0 Å². The van der Waals surface area contributed by atoms with Gasteiger partial charge >= 0.3 is 0 Å². The Hall–Kier alpha value is -2.70. The first-order valence-electron chi connectivity index (χ1n) is 8.16. The molecule has 0 saturated carbocycles. The van der Waals surface area contributed by atoms with E-state index < -0.39 is 0 Å². The van der Waals surface area contributed by atoms with Gasteiger partial charge < -0.3 is 4.90 Å². The van der Waals surface area contributed by atoms with Gasteiger partial charge in [0.15, 0.2) is 5.65 Å². The number of nitrogens with zero attached hydrogens (tertiary/aromatic N) is 6. The first-order chi connectivity index (χ1) is 11.6. The minimum Gasteiger partial charge on any atom is -0.331 e. The quantitative estimate of drug-likeness (QED) is 0.723. The number of aromatic nitrogens is 5. The zero-order valence-electron chi connectivity index (χ0n) is 14.1. The minimum atomic E-state index is 0.0516. The van der Waals surface area contributed by atoms with Crippen molar-refractivity contribution in [2.75, 3.05) is 6.54 Å². The predicted molar refractivity (Wildman–Crippen MR) is 88.7 cm³/mol. The van der Waals surface area contributed by atoms with E-state index in [1.807, 2.05) is 35.7 Å². The zero-order chi connectivity index (χ0) is 16.8. The molecular weight excluding hydrogens is 304 g/mol. The Balaban J connectivity index is 1.70. The summed E-state index contributed by atoms with van der Waals surface area (Å²) in [5.41, 5.74) is 4.73. The number of likely N-dealkylation sites (tertiary alicyclic amines) is 1. The first kappa shape index (κ1) is 14.9. The third-order valence-electron chi connectivity index (χ3n) is 4.95. The molecule has 0 aromatic carbocycles. The predicted octanol–water partition coefficient (Wildman–Crippen LogP) is 2.06. The van der Waals surface area contributed by atoms with Crippen molar-refractivity contribution in [1.29, 1.82) is 0 Å². The standard InChI is InChI=1S/C17H20N6O/c1-11-16(12(2)21(3)20-11)14-5-4-8-23(14)17(24)13-6-7-15-19-18-10-22(15)9-13/h6-7,9-10,14H,4-5,8H2,1-3H3. The Morgan fingerprint density at radius 3 is 2.88 bits per heavy atom. The molecule has 1 aliphatic rings. The van der Waals surface area contributed by atoms with E-state index in [1.165, 1.54) is 5.56 Å². The lowest BCUT2D eigenvalue weighted by Gasteiger charge is -2.25. The number of fused-ring (bicyclic) bond motifs is 1. The van der Waals surface area contributed by atoms with Crippen molar-refractivity contribution in [2.45, 2.75) is 32.7 Å². The Morgan fingerprint density at radius 2 is 2.12 bits per heavy atom. The molecule has 3 aromatic rings. The van der Waals surface area contributed by atoms with Crippen molar-refractivity contribution in [1.82, 2.24) is 29.3 Å². The molecule has 1 fully saturated rings. The van der Waals surface area contributed by atoms with Gasteiger partial charge in [-0.05, 0) is 38.8 Å². The minimum absolute atomic E-state index is 0.0516. The van der Waals surface area contributed by atoms with Crippen molar-refractivity contribution in [3.05, 3.63) is 47.2 Å². The first-order valence-corrected chi connectivity index (χ1v) is 8.16. The molecule has 24 heavy (non-hydrogen) atoms. The van der Waals surface area contributed by atoms with Crippen LogP contribution in [0.2, 0.25) is 0 Å². The average molecular weight is 324 g/mol. The van der Waals surface area contributed by atoms with Crippen LogP contribution in [0.4, 0.5) is 0 Å². The van der Waals surface area contributed by atoms with Crippen LogP contribution in [0.15, 0.2) is 24.7 Å². The molecule has 7 heteroatoms. The number of hydrogen-bond donors (Lipinski definition) is 0. The highest BCUT2D eigenvalue weighted by Crippen LogP contribution is 2.36. The summed E-state index contributed by atoms with van der Waals surface area (Å²) < 4.78 is 3.67. The van der Waals surface area contributed by atoms with E-state index in [-0.39, 0.29) is 11.9 Å². The monoisotopic (exact) mass is 324 g/mol. The largest absolute Gasteiger partial charge is 0.331 e. The fraction of sp³-hybridized carbons (Fsp3) is 0.412. The van der Waals surface area contributed by atoms with Gasteiger partial charge in [0.25, 0.3) is 5.91 Å². The molecule has 124 valence electrons. The average Bonchev–Trinajstić information content (AvgIpc) is 3.26. The summed E-state index contributed by atoms with van der Waals surface area (Å²) in [6, 6.07) is 3.75. The van der Waals surface area contributed by atoms with Crippen LogP contribution in [-0.2, 0) is 7.05 Å². The van der Waals surface area contributed by atoms with E-state index in [4.69, 9.17) is 0 Å². The van der Waals surface area contributed by atoms with Crippen molar-refractivity contribution in [3.63, 3.8) is 0 Å². The van der Waals surface area contributed by atoms with Gasteiger partial charge in [0.05, 0.1) is 17.3 Å². The highest BCUT2D eigenvalue weighted by molar-refractivity contribution is 5.94. The van der Waals surface area contributed by atoms with Gasteiger partial charge in [-0.1, -0.05) is 0 Å². The maximum atomic E-state index is 13.1. The second-order valence-electron chi connectivity index (χ2n) is 6.38. The van der Waals surface area contributed by atoms with E-state index in [9.17, 15) is 4.79 Å². The van der Waals surface area contributed by atoms with Crippen LogP contribution in [0.25, 0.3) is 5.65 Å². The van der Waals surface area contributed by atoms with E-state index >= 15 is 0 Å². The molecule has 1 unspecified atom stereocenters. The molecular formula is C17H20N6O. The lowest BCUT2D eigenvalue weighted by molar-refractivity contribution is 0.0734. The maximum absolute atomic E-state index is 13.1. The molecule has 0 N–H and O–H groups in total. The number of amides is 1. The number of hydrogen-bond acceptors (Lipinski definition) is 4. The Morgan fingerprint density at radius 1 is 1.29 bits per heavy atom. The van der Waals surface area contributed by atoms with Crippen LogP contribution in [0.1, 0.15) is 46.2 Å². The third-order valence-corrected chi connectivity index (χ3v) is 4.95. The Bertz CT molecular complexity index is 924. The molecule has 0 radical (unpaired) electrons. The van der Waals surface area contributed by atoms with Crippen molar-refractivity contribution < 1.29 is 4.79 Å². The lowest BCUT2D eigenvalue weighted by atomic mass is 10.0. The summed E-state index contributed by atoms with van der Waals surface area (Å²) in [7, 11) is 1.95. The molecule has 7 nitrogen and oxygen atoms in total. The number of aryl methyl sites for hydroxylation is 2. The zero-order valence-corrected chi connectivity index (χ0v) is 14.1. The number of carbonyl (C=O) groups excluding carboxylic acids is 1. The van der Waals surface area contributed by atoms with Gasteiger partial charge in [-0.15, -0.1) is 10.2 Å². The van der Waals surface area contributed by atoms with E-state index in [0.717, 1.165) is 36.4 Å². The molecule has 1 aliphatic heterocycles.